The molecule has 1 saturated heterocycles. The summed E-state index contributed by atoms with van der Waals surface area (Å²) in [5.74, 6) is 0.673. The molecule has 0 radical (unpaired) electrons. The summed E-state index contributed by atoms with van der Waals surface area (Å²) in [5.41, 5.74) is 0.201. The quantitative estimate of drug-likeness (QED) is 0.783. The van der Waals surface area contributed by atoms with Gasteiger partial charge >= 0.3 is 0 Å². The number of hydrogen-bond acceptors (Lipinski definition) is 4. The molecule has 5 heteroatoms. The summed E-state index contributed by atoms with van der Waals surface area (Å²) in [6.07, 6.45) is 2.52. The van der Waals surface area contributed by atoms with Gasteiger partial charge < -0.3 is 10.1 Å². The molecule has 0 aromatic rings. The van der Waals surface area contributed by atoms with E-state index in [9.17, 15) is 8.42 Å². The molecule has 0 amide bonds. The molecule has 102 valence electrons. The van der Waals surface area contributed by atoms with E-state index in [1.807, 2.05) is 0 Å². The first kappa shape index (κ1) is 14.9. The molecular weight excluding hydrogens is 238 g/mol. The molecule has 0 aromatic heterocycles. The molecule has 1 aliphatic heterocycles. The van der Waals surface area contributed by atoms with Crippen molar-refractivity contribution in [2.45, 2.75) is 39.2 Å². The predicted octanol–water partition coefficient (Wildman–Crippen LogP) is 1.22. The van der Waals surface area contributed by atoms with Gasteiger partial charge in [0.15, 0.2) is 0 Å². The Morgan fingerprint density at radius 2 is 1.88 bits per heavy atom. The van der Waals surface area contributed by atoms with Crippen LogP contribution < -0.4 is 5.32 Å². The smallest absolute Gasteiger partial charge is 0.150 e. The molecular formula is C12H25NO3S. The number of ether oxygens (including phenoxy) is 1. The normalized spacial score (nSPS) is 21.6. The second-order valence-corrected chi connectivity index (χ2v) is 8.02. The van der Waals surface area contributed by atoms with Crippen LogP contribution in [-0.2, 0) is 14.6 Å². The van der Waals surface area contributed by atoms with Gasteiger partial charge in [0.1, 0.15) is 9.84 Å². The minimum atomic E-state index is -2.74. The van der Waals surface area contributed by atoms with Gasteiger partial charge in [0, 0.05) is 26.3 Å². The Kier molecular flexibility index (Phi) is 5.41. The Labute approximate surface area is 105 Å². The maximum Gasteiger partial charge on any atom is 0.150 e. The van der Waals surface area contributed by atoms with E-state index in [2.05, 4.69) is 19.2 Å². The fraction of sp³-hybridized carbons (Fsp3) is 1.00. The largest absolute Gasteiger partial charge is 0.385 e. The average molecular weight is 263 g/mol. The lowest BCUT2D eigenvalue weighted by Crippen LogP contribution is -2.42. The van der Waals surface area contributed by atoms with Gasteiger partial charge in [-0.25, -0.2) is 8.42 Å². The van der Waals surface area contributed by atoms with Crippen LogP contribution in [0.4, 0.5) is 0 Å². The van der Waals surface area contributed by atoms with Crippen molar-refractivity contribution in [1.82, 2.24) is 5.32 Å². The van der Waals surface area contributed by atoms with Crippen LogP contribution in [0, 0.1) is 5.41 Å². The summed E-state index contributed by atoms with van der Waals surface area (Å²) in [5, 5.41) is 3.49. The molecule has 1 rings (SSSR count). The Balaban J connectivity index is 2.27. The summed E-state index contributed by atoms with van der Waals surface area (Å²) in [7, 11) is -1.03. The Bertz CT molecular complexity index is 311. The van der Waals surface area contributed by atoms with Crippen LogP contribution in [0.25, 0.3) is 0 Å². The van der Waals surface area contributed by atoms with Crippen LogP contribution in [0.1, 0.15) is 33.1 Å². The highest BCUT2D eigenvalue weighted by Crippen LogP contribution is 2.20. The van der Waals surface area contributed by atoms with Crippen LogP contribution in [0.5, 0.6) is 0 Å². The monoisotopic (exact) mass is 263 g/mol. The van der Waals surface area contributed by atoms with E-state index >= 15 is 0 Å². The van der Waals surface area contributed by atoms with E-state index in [1.165, 1.54) is 0 Å². The highest BCUT2D eigenvalue weighted by molar-refractivity contribution is 7.91. The van der Waals surface area contributed by atoms with Crippen molar-refractivity contribution in [3.05, 3.63) is 0 Å². The molecule has 1 aliphatic rings. The third kappa shape index (κ3) is 5.84. The van der Waals surface area contributed by atoms with Crippen LogP contribution in [-0.4, -0.2) is 46.2 Å². The topological polar surface area (TPSA) is 55.4 Å². The van der Waals surface area contributed by atoms with Crippen molar-refractivity contribution in [2.24, 2.45) is 5.41 Å². The zero-order chi connectivity index (χ0) is 12.9. The van der Waals surface area contributed by atoms with Crippen LogP contribution in [0.2, 0.25) is 0 Å². The third-order valence-electron chi connectivity index (χ3n) is 3.41. The van der Waals surface area contributed by atoms with Gasteiger partial charge in [0.2, 0.25) is 0 Å². The van der Waals surface area contributed by atoms with Crippen molar-refractivity contribution in [3.63, 3.8) is 0 Å². The molecule has 0 unspecified atom stereocenters. The average Bonchev–Trinajstić information content (AvgIpc) is 2.25. The Morgan fingerprint density at radius 1 is 1.29 bits per heavy atom. The minimum Gasteiger partial charge on any atom is -0.385 e. The molecule has 0 aromatic carbocycles. The number of rotatable bonds is 6. The fourth-order valence-electron chi connectivity index (χ4n) is 1.98. The first-order valence-corrected chi connectivity index (χ1v) is 8.09. The Morgan fingerprint density at radius 3 is 2.41 bits per heavy atom. The van der Waals surface area contributed by atoms with Crippen molar-refractivity contribution in [3.8, 4) is 0 Å². The molecule has 0 aliphatic carbocycles. The number of hydrogen-bond donors (Lipinski definition) is 1. The highest BCUT2D eigenvalue weighted by atomic mass is 32.2. The molecule has 17 heavy (non-hydrogen) atoms. The fourth-order valence-corrected chi connectivity index (χ4v) is 3.47. The first-order valence-electron chi connectivity index (χ1n) is 6.27. The van der Waals surface area contributed by atoms with Gasteiger partial charge in [0.05, 0.1) is 11.5 Å². The first-order chi connectivity index (χ1) is 7.85. The lowest BCUT2D eigenvalue weighted by molar-refractivity contribution is 0.148. The van der Waals surface area contributed by atoms with Gasteiger partial charge in [0.25, 0.3) is 0 Å². The van der Waals surface area contributed by atoms with Crippen molar-refractivity contribution in [2.75, 3.05) is 31.8 Å². The lowest BCUT2D eigenvalue weighted by atomic mass is 9.89. The van der Waals surface area contributed by atoms with E-state index in [0.29, 0.717) is 17.5 Å². The SMILES string of the molecule is COCCC(C)(C)CNC1CCS(=O)(=O)CC1. The molecule has 0 atom stereocenters. The molecule has 0 bridgehead atoms. The second kappa shape index (κ2) is 6.16. The van der Waals surface area contributed by atoms with Gasteiger partial charge in [-0.15, -0.1) is 0 Å². The second-order valence-electron chi connectivity index (χ2n) is 5.71. The van der Waals surface area contributed by atoms with Crippen molar-refractivity contribution in [1.29, 1.82) is 0 Å². The highest BCUT2D eigenvalue weighted by Gasteiger charge is 2.25. The van der Waals surface area contributed by atoms with Gasteiger partial charge in [-0.3, -0.25) is 0 Å². The molecule has 4 nitrogen and oxygen atoms in total. The summed E-state index contributed by atoms with van der Waals surface area (Å²) in [4.78, 5) is 0. The zero-order valence-corrected chi connectivity index (χ0v) is 12.0. The van der Waals surface area contributed by atoms with Gasteiger partial charge in [-0.05, 0) is 24.7 Å². The van der Waals surface area contributed by atoms with Gasteiger partial charge in [-0.1, -0.05) is 13.8 Å². The molecule has 0 spiro atoms. The number of nitrogens with one attached hydrogen (secondary N) is 1. The molecule has 1 fully saturated rings. The minimum absolute atomic E-state index is 0.201. The lowest BCUT2D eigenvalue weighted by Gasteiger charge is -2.30. The number of sulfone groups is 1. The summed E-state index contributed by atoms with van der Waals surface area (Å²) in [6, 6.07) is 0.361. The van der Waals surface area contributed by atoms with Crippen LogP contribution >= 0.6 is 0 Å². The summed E-state index contributed by atoms with van der Waals surface area (Å²) >= 11 is 0. The van der Waals surface area contributed by atoms with E-state index < -0.39 is 9.84 Å². The zero-order valence-electron chi connectivity index (χ0n) is 11.2. The maximum absolute atomic E-state index is 11.3. The van der Waals surface area contributed by atoms with Crippen molar-refractivity contribution >= 4 is 9.84 Å². The predicted molar refractivity (Wildman–Crippen MR) is 70.0 cm³/mol. The molecule has 1 heterocycles. The summed E-state index contributed by atoms with van der Waals surface area (Å²) in [6.45, 7) is 6.10. The standard InChI is InChI=1S/C12H25NO3S/c1-12(2,6-7-16-3)10-13-11-4-8-17(14,15)9-5-11/h11,13H,4-10H2,1-3H3. The van der Waals surface area contributed by atoms with Crippen LogP contribution in [0.3, 0.4) is 0 Å². The molecule has 0 saturated carbocycles. The Hall–Kier alpha value is -0.130. The molecule has 1 N–H and O–H groups in total. The van der Waals surface area contributed by atoms with E-state index in [4.69, 9.17) is 4.74 Å². The number of methoxy groups -OCH3 is 1. The van der Waals surface area contributed by atoms with Crippen LogP contribution in [0.15, 0.2) is 0 Å². The van der Waals surface area contributed by atoms with E-state index in [1.54, 1.807) is 7.11 Å². The third-order valence-corrected chi connectivity index (χ3v) is 5.12. The maximum atomic E-state index is 11.3. The van der Waals surface area contributed by atoms with Crippen molar-refractivity contribution < 1.29 is 13.2 Å². The van der Waals surface area contributed by atoms with E-state index in [0.717, 1.165) is 32.4 Å². The van der Waals surface area contributed by atoms with E-state index in [-0.39, 0.29) is 5.41 Å². The summed E-state index contributed by atoms with van der Waals surface area (Å²) < 4.78 is 27.7. The van der Waals surface area contributed by atoms with Gasteiger partial charge in [-0.2, -0.15) is 0 Å².